The zero-order chi connectivity index (χ0) is 62.8. The highest BCUT2D eigenvalue weighted by Crippen LogP contribution is 2.69. The lowest BCUT2D eigenvalue weighted by Crippen LogP contribution is -2.75. The van der Waals surface area contributed by atoms with Crippen molar-refractivity contribution in [1.29, 1.82) is 0 Å². The molecule has 4 N–H and O–H groups in total. The van der Waals surface area contributed by atoms with Gasteiger partial charge in [-0.05, 0) is 96.3 Å². The molecule has 4 unspecified atom stereocenters. The number of unbranched alkanes of at least 4 members (excludes halogenated alkanes) is 1. The Balaban J connectivity index is 1.38. The molecule has 2 saturated carbocycles. The fraction of sp³-hybridized carbons (Fsp3) is 0.641. The van der Waals surface area contributed by atoms with Crippen molar-refractivity contribution in [1.82, 2.24) is 16.0 Å². The number of benzene rings is 2. The van der Waals surface area contributed by atoms with Gasteiger partial charge in [-0.1, -0.05) is 88.4 Å². The van der Waals surface area contributed by atoms with E-state index in [0.717, 1.165) is 0 Å². The normalized spacial score (nSPS) is 27.2. The zero-order valence-corrected chi connectivity index (χ0v) is 51.6. The number of nitrogens with one attached hydrogen (secondary N) is 3. The number of hydrogen-bond acceptors (Lipinski definition) is 18. The van der Waals surface area contributed by atoms with Crippen molar-refractivity contribution < 1.29 is 86.2 Å². The van der Waals surface area contributed by atoms with Crippen LogP contribution in [0.25, 0.3) is 0 Å². The van der Waals surface area contributed by atoms with E-state index in [1.165, 1.54) is 28.3 Å². The molecule has 0 spiro atoms. The molecular formula is C64H89N3O18. The van der Waals surface area contributed by atoms with Gasteiger partial charge in [0.1, 0.15) is 49.5 Å². The van der Waals surface area contributed by atoms with Crippen LogP contribution in [0.2, 0.25) is 0 Å². The number of hydrogen-bond donors (Lipinski definition) is 4. The van der Waals surface area contributed by atoms with Gasteiger partial charge in [0.2, 0.25) is 17.9 Å². The Hall–Kier alpha value is -6.23. The fourth-order valence-electron chi connectivity index (χ4n) is 13.8. The van der Waals surface area contributed by atoms with Gasteiger partial charge >= 0.3 is 18.0 Å². The lowest BCUT2D eigenvalue weighted by atomic mass is 9.40. The topological polar surface area (TPSA) is 284 Å². The minimum atomic E-state index is -1.99. The number of aliphatic hydroxyl groups is 1. The summed E-state index contributed by atoms with van der Waals surface area (Å²) in [6.45, 7) is 15.5. The number of Topliss-reactive ketones (excluding diaryl/α,β-unsaturated/α-hetero) is 4. The van der Waals surface area contributed by atoms with E-state index in [4.69, 9.17) is 37.9 Å². The Morgan fingerprint density at radius 1 is 0.847 bits per heavy atom. The number of ketones is 4. The average Bonchev–Trinajstić information content (AvgIpc) is 1.41. The number of esters is 2. The van der Waals surface area contributed by atoms with E-state index in [-0.39, 0.29) is 86.1 Å². The van der Waals surface area contributed by atoms with E-state index >= 15 is 9.59 Å². The predicted octanol–water partition coefficient (Wildman–Crippen LogP) is 6.50. The first-order chi connectivity index (χ1) is 40.0. The van der Waals surface area contributed by atoms with Crippen LogP contribution in [0.15, 0.2) is 71.8 Å². The van der Waals surface area contributed by atoms with Crippen LogP contribution in [0.3, 0.4) is 0 Å². The average molecular weight is 1190 g/mol. The molecule has 2 aromatic carbocycles. The Morgan fingerprint density at radius 2 is 1.51 bits per heavy atom. The second-order valence-corrected chi connectivity index (χ2v) is 25.2. The van der Waals surface area contributed by atoms with Gasteiger partial charge in [0.25, 0.3) is 0 Å². The van der Waals surface area contributed by atoms with E-state index in [2.05, 4.69) is 16.0 Å². The third kappa shape index (κ3) is 15.1. The molecule has 1 heterocycles. The van der Waals surface area contributed by atoms with Gasteiger partial charge in [-0.15, -0.1) is 0 Å². The molecule has 3 amide bonds. The van der Waals surface area contributed by atoms with Gasteiger partial charge in [-0.2, -0.15) is 0 Å². The summed E-state index contributed by atoms with van der Waals surface area (Å²) in [7, 11) is 4.28. The number of methoxy groups -OCH3 is 3. The SMILES string of the molecule is COCC(=O)NCCCCC(NC(=O)COCC(=O)OC(C(=O)O[C@H]1CC[C@@]2(O)[C@@H](CC(=O)c3ccccc3)C3[C@]4(CC(C)=O)COC4C[C@H](OC)[C@@]3(C)C(=O)[C@H](OC)C(=C1C)C2(C)C)[C@@H](NC(=O)OC(C)(C)C)c1ccccc1)C(=O)C(C)C. The van der Waals surface area contributed by atoms with Gasteiger partial charge in [-0.25, -0.2) is 14.4 Å². The second-order valence-electron chi connectivity index (χ2n) is 25.2. The molecular weight excluding hydrogens is 1100 g/mol. The minimum Gasteiger partial charge on any atom is -0.455 e. The lowest BCUT2D eigenvalue weighted by molar-refractivity contribution is -0.310. The minimum absolute atomic E-state index is 0.00775. The second kappa shape index (κ2) is 28.5. The highest BCUT2D eigenvalue weighted by Gasteiger charge is 2.75. The first-order valence-electron chi connectivity index (χ1n) is 29.3. The van der Waals surface area contributed by atoms with Crippen molar-refractivity contribution in [3.63, 3.8) is 0 Å². The summed E-state index contributed by atoms with van der Waals surface area (Å²) in [5.41, 5.74) is -5.65. The highest BCUT2D eigenvalue weighted by atomic mass is 16.6. The third-order valence-electron chi connectivity index (χ3n) is 17.8. The van der Waals surface area contributed by atoms with E-state index in [9.17, 15) is 38.7 Å². The molecule has 21 nitrogen and oxygen atoms in total. The van der Waals surface area contributed by atoms with Gasteiger partial charge < -0.3 is 63.7 Å². The standard InChI is InChI=1S/C64H89N3O18/c1-37(2)53(73)43(26-20-21-29-65-48(70)33-78-11)66-49(71)34-81-35-50(72)84-55(52(41-24-18-15-19-25-41)67-59(76)85-60(5,6)7)58(75)83-45-27-28-64(77)42(30-44(69)40-22-16-14-17-23-40)56-62(10,57(74)54(80-13)51(39(45)4)61(64,8)9)46(79-12)31-47-63(56,36-82-47)32-38(3)68/h14-19,22-25,37,42-43,45-47,52,54-56,77H,20-21,26-36H2,1-13H3,(H,65,70)(H,66,71)(H,67,76)/t42-,43?,45-,46-,47?,52-,54+,55?,56?,62+,63+,64+/m0/s1. The van der Waals surface area contributed by atoms with Crippen LogP contribution >= 0.6 is 0 Å². The molecule has 0 radical (unpaired) electrons. The van der Waals surface area contributed by atoms with Crippen molar-refractivity contribution in [2.24, 2.45) is 34.0 Å². The summed E-state index contributed by atoms with van der Waals surface area (Å²) < 4.78 is 47.3. The number of fused-ring (bicyclic) bond motifs is 5. The van der Waals surface area contributed by atoms with Crippen molar-refractivity contribution in [3.8, 4) is 0 Å². The number of carbonyl (C=O) groups is 9. The highest BCUT2D eigenvalue weighted by molar-refractivity contribution is 5.97. The fourth-order valence-corrected chi connectivity index (χ4v) is 13.8. The zero-order valence-electron chi connectivity index (χ0n) is 51.6. The van der Waals surface area contributed by atoms with E-state index in [0.29, 0.717) is 30.5 Å². The van der Waals surface area contributed by atoms with Crippen molar-refractivity contribution >= 4 is 53.0 Å². The van der Waals surface area contributed by atoms with E-state index in [1.54, 1.807) is 123 Å². The summed E-state index contributed by atoms with van der Waals surface area (Å²) in [6.07, 6.45) is -6.09. The molecule has 468 valence electrons. The van der Waals surface area contributed by atoms with Crippen LogP contribution < -0.4 is 16.0 Å². The molecule has 1 saturated heterocycles. The molecule has 3 aliphatic carbocycles. The first kappa shape index (κ1) is 67.9. The Bertz CT molecular complexity index is 2780. The molecule has 1 aliphatic heterocycles. The van der Waals surface area contributed by atoms with Gasteiger partial charge in [0.05, 0.1) is 35.9 Å². The maximum absolute atomic E-state index is 16.1. The Morgan fingerprint density at radius 3 is 2.08 bits per heavy atom. The summed E-state index contributed by atoms with van der Waals surface area (Å²) in [5.74, 6) is -6.86. The summed E-state index contributed by atoms with van der Waals surface area (Å²) in [4.78, 5) is 126. The maximum Gasteiger partial charge on any atom is 0.408 e. The smallest absolute Gasteiger partial charge is 0.408 e. The lowest BCUT2D eigenvalue weighted by Gasteiger charge is -2.69. The van der Waals surface area contributed by atoms with Crippen LogP contribution in [0.4, 0.5) is 4.79 Å². The molecule has 3 fully saturated rings. The molecule has 4 aliphatic rings. The molecule has 12 atom stereocenters. The predicted molar refractivity (Wildman–Crippen MR) is 309 cm³/mol. The van der Waals surface area contributed by atoms with E-state index < -0.39 is 131 Å². The van der Waals surface area contributed by atoms with Crippen molar-refractivity contribution in [3.05, 3.63) is 82.9 Å². The number of alkyl carbamates (subject to hydrolysis) is 1. The maximum atomic E-state index is 16.1. The third-order valence-corrected chi connectivity index (χ3v) is 17.8. The van der Waals surface area contributed by atoms with Gasteiger partial charge in [0, 0.05) is 75.4 Å². The largest absolute Gasteiger partial charge is 0.455 e. The van der Waals surface area contributed by atoms with Crippen LogP contribution in [0.5, 0.6) is 0 Å². The quantitative estimate of drug-likeness (QED) is 0.0244. The first-order valence-corrected chi connectivity index (χ1v) is 29.3. The molecule has 6 rings (SSSR count). The molecule has 0 aromatic heterocycles. The van der Waals surface area contributed by atoms with Gasteiger partial charge in [0.15, 0.2) is 17.3 Å². The monoisotopic (exact) mass is 1190 g/mol. The number of carbonyl (C=O) groups excluding carboxylic acids is 9. The van der Waals surface area contributed by atoms with Crippen LogP contribution in [-0.2, 0) is 71.5 Å². The van der Waals surface area contributed by atoms with Crippen LogP contribution in [-0.4, -0.2) is 160 Å². The van der Waals surface area contributed by atoms with Crippen LogP contribution in [0.1, 0.15) is 143 Å². The van der Waals surface area contributed by atoms with Crippen molar-refractivity contribution in [2.75, 3.05) is 54.3 Å². The van der Waals surface area contributed by atoms with E-state index in [1.807, 2.05) is 0 Å². The number of rotatable bonds is 27. The van der Waals surface area contributed by atoms with Crippen molar-refractivity contribution in [2.45, 2.75) is 174 Å². The Kier molecular flexibility index (Phi) is 22.8. The van der Waals surface area contributed by atoms with Crippen LogP contribution in [0, 0.1) is 34.0 Å². The summed E-state index contributed by atoms with van der Waals surface area (Å²) in [5, 5.41) is 22.3. The number of amides is 3. The Labute approximate surface area is 499 Å². The molecule has 21 heteroatoms. The van der Waals surface area contributed by atoms with Gasteiger partial charge in [-0.3, -0.25) is 24.0 Å². The molecule has 85 heavy (non-hydrogen) atoms. The summed E-state index contributed by atoms with van der Waals surface area (Å²) >= 11 is 0. The number of ether oxygens (including phenoxy) is 8. The molecule has 2 aromatic rings. The molecule has 2 bridgehead atoms. The summed E-state index contributed by atoms with van der Waals surface area (Å²) in [6, 6.07) is 14.4.